The van der Waals surface area contributed by atoms with E-state index < -0.39 is 4.92 Å². The largest absolute Gasteiger partial charge is 0.366 e. The minimum atomic E-state index is -0.409. The molecule has 0 aliphatic carbocycles. The Hall–Kier alpha value is -3.55. The van der Waals surface area contributed by atoms with E-state index in [4.69, 9.17) is 0 Å². The minimum absolute atomic E-state index is 0.0638. The number of hydrogen-bond donors (Lipinski definition) is 2. The van der Waals surface area contributed by atoms with Crippen LogP contribution in [0.2, 0.25) is 0 Å². The maximum absolute atomic E-state index is 10.9. The van der Waals surface area contributed by atoms with Crippen LogP contribution in [-0.2, 0) is 6.54 Å². The van der Waals surface area contributed by atoms with Crippen LogP contribution in [0.4, 0.5) is 17.5 Å². The molecule has 0 amide bonds. The van der Waals surface area contributed by atoms with Crippen LogP contribution < -0.4 is 10.6 Å². The Bertz CT molecular complexity index is 885. The minimum Gasteiger partial charge on any atom is -0.366 e. The third-order valence-corrected chi connectivity index (χ3v) is 3.50. The number of nitro benzene ring substituents is 1. The van der Waals surface area contributed by atoms with E-state index in [2.05, 4.69) is 25.6 Å². The van der Waals surface area contributed by atoms with Crippen molar-refractivity contribution in [3.05, 3.63) is 70.5 Å². The highest BCUT2D eigenvalue weighted by atomic mass is 16.6. The fourth-order valence-corrected chi connectivity index (χ4v) is 2.28. The summed E-state index contributed by atoms with van der Waals surface area (Å²) in [4.78, 5) is 23.3. The normalized spacial score (nSPS) is 10.3. The molecule has 2 heterocycles. The highest BCUT2D eigenvalue weighted by molar-refractivity contribution is 5.63. The van der Waals surface area contributed by atoms with Crippen molar-refractivity contribution >= 4 is 17.5 Å². The van der Waals surface area contributed by atoms with Crippen molar-refractivity contribution in [3.8, 4) is 11.3 Å². The third-order valence-electron chi connectivity index (χ3n) is 3.50. The lowest BCUT2D eigenvalue weighted by atomic mass is 10.2. The average Bonchev–Trinajstić information content (AvgIpc) is 2.67. The molecule has 25 heavy (non-hydrogen) atoms. The highest BCUT2D eigenvalue weighted by Crippen LogP contribution is 2.21. The maximum atomic E-state index is 10.9. The molecule has 0 radical (unpaired) electrons. The Labute approximate surface area is 144 Å². The molecule has 3 rings (SSSR count). The molecule has 0 fully saturated rings. The molecule has 126 valence electrons. The van der Waals surface area contributed by atoms with Crippen molar-refractivity contribution in [1.29, 1.82) is 0 Å². The molecule has 1 aromatic carbocycles. The summed E-state index contributed by atoms with van der Waals surface area (Å²) in [5.41, 5.74) is 2.46. The first-order chi connectivity index (χ1) is 12.2. The molecule has 3 aromatic rings. The van der Waals surface area contributed by atoms with Crippen molar-refractivity contribution in [2.24, 2.45) is 0 Å². The molecule has 0 saturated heterocycles. The first-order valence-corrected chi connectivity index (χ1v) is 7.60. The van der Waals surface area contributed by atoms with Crippen LogP contribution in [0.1, 0.15) is 5.56 Å². The van der Waals surface area contributed by atoms with E-state index in [1.165, 1.54) is 12.1 Å². The van der Waals surface area contributed by atoms with Crippen molar-refractivity contribution < 1.29 is 4.92 Å². The van der Waals surface area contributed by atoms with Gasteiger partial charge in [0.15, 0.2) is 0 Å². The van der Waals surface area contributed by atoms with E-state index in [1.54, 1.807) is 25.5 Å². The molecule has 0 spiro atoms. The van der Waals surface area contributed by atoms with Gasteiger partial charge in [-0.3, -0.25) is 15.1 Å². The summed E-state index contributed by atoms with van der Waals surface area (Å²) in [6.07, 6.45) is 3.43. The third kappa shape index (κ3) is 4.05. The molecule has 0 aliphatic rings. The average molecular weight is 336 g/mol. The zero-order chi connectivity index (χ0) is 17.6. The van der Waals surface area contributed by atoms with Gasteiger partial charge in [0.25, 0.3) is 5.69 Å². The topological polar surface area (TPSA) is 106 Å². The summed E-state index contributed by atoms with van der Waals surface area (Å²) in [5.74, 6) is 1.09. The quantitative estimate of drug-likeness (QED) is 0.526. The van der Waals surface area contributed by atoms with Crippen LogP contribution in [0.15, 0.2) is 54.9 Å². The van der Waals surface area contributed by atoms with Gasteiger partial charge in [0.05, 0.1) is 10.6 Å². The number of nitro groups is 1. The van der Waals surface area contributed by atoms with Gasteiger partial charge in [-0.25, -0.2) is 4.98 Å². The summed E-state index contributed by atoms with van der Waals surface area (Å²) in [6, 6.07) is 12.1. The van der Waals surface area contributed by atoms with Gasteiger partial charge >= 0.3 is 0 Å². The number of nitrogens with zero attached hydrogens (tertiary/aromatic N) is 4. The van der Waals surface area contributed by atoms with Gasteiger partial charge in [-0.2, -0.15) is 4.98 Å². The molecule has 8 heteroatoms. The van der Waals surface area contributed by atoms with Crippen LogP contribution in [0.25, 0.3) is 11.3 Å². The van der Waals surface area contributed by atoms with E-state index in [1.807, 2.05) is 24.3 Å². The summed E-state index contributed by atoms with van der Waals surface area (Å²) in [7, 11) is 1.74. The van der Waals surface area contributed by atoms with Gasteiger partial charge in [0.2, 0.25) is 5.95 Å². The molecular weight excluding hydrogens is 320 g/mol. The number of nitrogens with one attached hydrogen (secondary N) is 2. The van der Waals surface area contributed by atoms with Crippen molar-refractivity contribution in [2.45, 2.75) is 6.54 Å². The van der Waals surface area contributed by atoms with Gasteiger partial charge in [-0.15, -0.1) is 0 Å². The number of rotatable bonds is 6. The zero-order valence-corrected chi connectivity index (χ0v) is 13.5. The SMILES string of the molecule is CNc1nc(NCc2cccc([N+](=O)[O-])c2)cc(-c2cccnc2)n1. The molecule has 0 unspecified atom stereocenters. The standard InChI is InChI=1S/C17H16N6O2/c1-18-17-21-15(13-5-3-7-19-11-13)9-16(22-17)20-10-12-4-2-6-14(8-12)23(24)25/h2-9,11H,10H2,1H3,(H2,18,20,21,22). The molecule has 2 aromatic heterocycles. The Morgan fingerprint density at radius 1 is 1.16 bits per heavy atom. The summed E-state index contributed by atoms with van der Waals surface area (Å²) in [6.45, 7) is 0.411. The number of aromatic nitrogens is 3. The molecule has 0 aliphatic heterocycles. The second-order valence-corrected chi connectivity index (χ2v) is 5.23. The number of pyridine rings is 1. The van der Waals surface area contributed by atoms with Crippen LogP contribution in [0, 0.1) is 10.1 Å². The molecule has 0 saturated carbocycles. The van der Waals surface area contributed by atoms with E-state index in [-0.39, 0.29) is 5.69 Å². The maximum Gasteiger partial charge on any atom is 0.269 e. The molecular formula is C17H16N6O2. The van der Waals surface area contributed by atoms with E-state index in [0.29, 0.717) is 18.3 Å². The van der Waals surface area contributed by atoms with Gasteiger partial charge in [-0.05, 0) is 17.7 Å². The fourth-order valence-electron chi connectivity index (χ4n) is 2.28. The Morgan fingerprint density at radius 2 is 2.04 bits per heavy atom. The number of non-ortho nitro benzene ring substituents is 1. The van der Waals surface area contributed by atoms with Crippen LogP contribution >= 0.6 is 0 Å². The molecule has 0 atom stereocenters. The second-order valence-electron chi connectivity index (χ2n) is 5.23. The van der Waals surface area contributed by atoms with Gasteiger partial charge < -0.3 is 10.6 Å². The molecule has 2 N–H and O–H groups in total. The Morgan fingerprint density at radius 3 is 2.76 bits per heavy atom. The molecule has 0 bridgehead atoms. The fraction of sp³-hybridized carbons (Fsp3) is 0.118. The Balaban J connectivity index is 1.83. The van der Waals surface area contributed by atoms with Crippen molar-refractivity contribution in [3.63, 3.8) is 0 Å². The smallest absolute Gasteiger partial charge is 0.269 e. The second kappa shape index (κ2) is 7.35. The van der Waals surface area contributed by atoms with Crippen molar-refractivity contribution in [1.82, 2.24) is 15.0 Å². The first-order valence-electron chi connectivity index (χ1n) is 7.60. The van der Waals surface area contributed by atoms with E-state index in [0.717, 1.165) is 16.8 Å². The van der Waals surface area contributed by atoms with Crippen LogP contribution in [0.3, 0.4) is 0 Å². The number of hydrogen-bond acceptors (Lipinski definition) is 7. The number of anilines is 2. The lowest BCUT2D eigenvalue weighted by Gasteiger charge is -2.10. The predicted molar refractivity (Wildman–Crippen MR) is 95.2 cm³/mol. The van der Waals surface area contributed by atoms with Crippen molar-refractivity contribution in [2.75, 3.05) is 17.7 Å². The summed E-state index contributed by atoms with van der Waals surface area (Å²) < 4.78 is 0. The predicted octanol–water partition coefficient (Wildman–Crippen LogP) is 3.10. The highest BCUT2D eigenvalue weighted by Gasteiger charge is 2.08. The monoisotopic (exact) mass is 336 g/mol. The lowest BCUT2D eigenvalue weighted by Crippen LogP contribution is -2.05. The van der Waals surface area contributed by atoms with Gasteiger partial charge in [0.1, 0.15) is 5.82 Å². The van der Waals surface area contributed by atoms with E-state index >= 15 is 0 Å². The summed E-state index contributed by atoms with van der Waals surface area (Å²) >= 11 is 0. The zero-order valence-electron chi connectivity index (χ0n) is 13.5. The van der Waals surface area contributed by atoms with Crippen LogP contribution in [-0.4, -0.2) is 26.9 Å². The first kappa shape index (κ1) is 16.3. The summed E-state index contributed by atoms with van der Waals surface area (Å²) in [5, 5.41) is 17.0. The lowest BCUT2D eigenvalue weighted by molar-refractivity contribution is -0.384. The van der Waals surface area contributed by atoms with E-state index in [9.17, 15) is 10.1 Å². The van der Waals surface area contributed by atoms with Gasteiger partial charge in [-0.1, -0.05) is 12.1 Å². The number of benzene rings is 1. The molecule has 8 nitrogen and oxygen atoms in total. The Kier molecular flexibility index (Phi) is 4.79. The van der Waals surface area contributed by atoms with Crippen LogP contribution in [0.5, 0.6) is 0 Å². The van der Waals surface area contributed by atoms with Gasteiger partial charge in [0, 0.05) is 49.7 Å².